The highest BCUT2D eigenvalue weighted by molar-refractivity contribution is 7.00. The molecule has 0 amide bonds. The zero-order valence-electron chi connectivity index (χ0n) is 53.0. The summed E-state index contributed by atoms with van der Waals surface area (Å²) in [6, 6.07) is 90.9. The van der Waals surface area contributed by atoms with E-state index in [4.69, 9.17) is 0 Å². The van der Waals surface area contributed by atoms with Gasteiger partial charge in [-0.25, -0.2) is 0 Å². The minimum atomic E-state index is -0.143. The maximum atomic E-state index is 2.69. The molecule has 0 N–H and O–H groups in total. The number of benzene rings is 11. The van der Waals surface area contributed by atoms with Gasteiger partial charge in [0.2, 0.25) is 0 Å². The third kappa shape index (κ3) is 10.1. The topological polar surface area (TPSA) is 6.48 Å². The Morgan fingerprint density at radius 2 is 0.632 bits per heavy atom. The van der Waals surface area contributed by atoms with Crippen LogP contribution < -0.4 is 26.2 Å². The zero-order chi connectivity index (χ0) is 60.4. The third-order valence-electron chi connectivity index (χ3n) is 18.7. The standard InChI is InChI=1S/C84H81BN2/c1-52(2)66-35-23-36-67(53(3)4)80(66)62-33-22-34-65(47-62)86-77-49-63(81-68(54(5)6)37-24-38-69(81)55(7)8)43-45-74(77)85-75-48-61(58-27-16-13-17-28-58)44-46-76(75)87(84-72(59-29-18-14-19-30-59)41-26-42-73(84)60-31-20-15-21-32-60)79-51-64(50-78(86)83(79)85)82-70(56(9)10)39-25-40-71(82)57(11)12/h13-57H,1-12H3. The van der Waals surface area contributed by atoms with Gasteiger partial charge in [-0.2, -0.15) is 0 Å². The summed E-state index contributed by atoms with van der Waals surface area (Å²) in [6.07, 6.45) is 0. The lowest BCUT2D eigenvalue weighted by Gasteiger charge is -2.45. The van der Waals surface area contributed by atoms with Crippen molar-refractivity contribution in [2.24, 2.45) is 0 Å². The molecular weight excluding hydrogens is 1050 g/mol. The Morgan fingerprint density at radius 3 is 1.10 bits per heavy atom. The maximum absolute atomic E-state index is 2.69. The Morgan fingerprint density at radius 1 is 0.253 bits per heavy atom. The molecule has 2 aliphatic rings. The summed E-state index contributed by atoms with van der Waals surface area (Å²) in [4.78, 5) is 5.38. The van der Waals surface area contributed by atoms with Crippen molar-refractivity contribution in [3.8, 4) is 66.8 Å². The molecule has 0 bridgehead atoms. The number of anilines is 6. The number of fused-ring (bicyclic) bond motifs is 4. The van der Waals surface area contributed by atoms with Crippen LogP contribution in [0.4, 0.5) is 34.1 Å². The first-order valence-corrected chi connectivity index (χ1v) is 32.0. The van der Waals surface area contributed by atoms with Gasteiger partial charge >= 0.3 is 0 Å². The molecule has 0 radical (unpaired) electrons. The van der Waals surface area contributed by atoms with Crippen molar-refractivity contribution < 1.29 is 0 Å². The van der Waals surface area contributed by atoms with Crippen molar-refractivity contribution in [1.82, 2.24) is 0 Å². The number of para-hydroxylation sites is 1. The van der Waals surface area contributed by atoms with E-state index in [1.807, 2.05) is 0 Å². The van der Waals surface area contributed by atoms with E-state index in [0.717, 1.165) is 11.4 Å². The fourth-order valence-corrected chi connectivity index (χ4v) is 14.6. The lowest BCUT2D eigenvalue weighted by atomic mass is 9.33. The van der Waals surface area contributed by atoms with Crippen LogP contribution in [0.25, 0.3) is 66.8 Å². The van der Waals surface area contributed by atoms with Gasteiger partial charge in [-0.15, -0.1) is 0 Å². The Hall–Kier alpha value is -8.92. The molecule has 0 spiro atoms. The maximum Gasteiger partial charge on any atom is 0.252 e. The largest absolute Gasteiger partial charge is 0.311 e. The molecule has 2 aliphatic heterocycles. The monoisotopic (exact) mass is 1130 g/mol. The number of nitrogens with zero attached hydrogens (tertiary/aromatic N) is 2. The Kier molecular flexibility index (Phi) is 15.4. The van der Waals surface area contributed by atoms with Crippen LogP contribution in [0.1, 0.15) is 152 Å². The molecule has 0 saturated carbocycles. The van der Waals surface area contributed by atoms with Gasteiger partial charge in [0, 0.05) is 39.6 Å². The second-order valence-corrected chi connectivity index (χ2v) is 26.3. The molecule has 0 aliphatic carbocycles. The molecule has 0 saturated heterocycles. The average molecular weight is 1130 g/mol. The number of hydrogen-bond donors (Lipinski definition) is 0. The lowest BCUT2D eigenvalue weighted by Crippen LogP contribution is -2.61. The fraction of sp³-hybridized carbons (Fsp3) is 0.214. The minimum absolute atomic E-state index is 0.143. The number of hydrogen-bond acceptors (Lipinski definition) is 2. The van der Waals surface area contributed by atoms with E-state index in [0.29, 0.717) is 23.7 Å². The molecule has 11 aromatic carbocycles. The van der Waals surface area contributed by atoms with Crippen molar-refractivity contribution in [2.75, 3.05) is 9.80 Å². The molecule has 2 nitrogen and oxygen atoms in total. The van der Waals surface area contributed by atoms with E-state index >= 15 is 0 Å². The van der Waals surface area contributed by atoms with Crippen molar-refractivity contribution >= 4 is 57.2 Å². The molecule has 0 aromatic heterocycles. The molecule has 430 valence electrons. The van der Waals surface area contributed by atoms with Gasteiger partial charge in [-0.05, 0) is 177 Å². The Balaban J connectivity index is 1.23. The summed E-state index contributed by atoms with van der Waals surface area (Å²) in [6.45, 7) is 28.1. The van der Waals surface area contributed by atoms with Gasteiger partial charge in [-0.3, -0.25) is 0 Å². The molecule has 11 aromatic rings. The highest BCUT2D eigenvalue weighted by atomic mass is 15.2. The van der Waals surface area contributed by atoms with E-state index < -0.39 is 0 Å². The lowest BCUT2D eigenvalue weighted by molar-refractivity contribution is 0.838. The quantitative estimate of drug-likeness (QED) is 0.100. The summed E-state index contributed by atoms with van der Waals surface area (Å²) in [5, 5.41) is 0. The summed E-state index contributed by atoms with van der Waals surface area (Å²) < 4.78 is 0. The first-order chi connectivity index (χ1) is 42.2. The predicted molar refractivity (Wildman–Crippen MR) is 378 cm³/mol. The fourth-order valence-electron chi connectivity index (χ4n) is 14.6. The molecule has 0 unspecified atom stereocenters. The number of rotatable bonds is 14. The molecule has 2 heterocycles. The first-order valence-electron chi connectivity index (χ1n) is 32.0. The van der Waals surface area contributed by atoms with Crippen molar-refractivity contribution in [3.63, 3.8) is 0 Å². The Bertz CT molecular complexity index is 4220. The summed E-state index contributed by atoms with van der Waals surface area (Å²) in [5.41, 5.74) is 34.1. The second kappa shape index (κ2) is 23.4. The molecule has 13 rings (SSSR count). The third-order valence-corrected chi connectivity index (χ3v) is 18.7. The van der Waals surface area contributed by atoms with E-state index in [2.05, 4.69) is 329 Å². The normalized spacial score (nSPS) is 12.7. The molecule has 3 heteroatoms. The zero-order valence-corrected chi connectivity index (χ0v) is 53.0. The average Bonchev–Trinajstić information content (AvgIpc) is 0.749. The van der Waals surface area contributed by atoms with Gasteiger partial charge in [0.05, 0.1) is 5.69 Å². The highest BCUT2D eigenvalue weighted by Crippen LogP contribution is 2.53. The van der Waals surface area contributed by atoms with Crippen molar-refractivity contribution in [1.29, 1.82) is 0 Å². The van der Waals surface area contributed by atoms with E-state index in [1.54, 1.807) is 0 Å². The van der Waals surface area contributed by atoms with Gasteiger partial charge in [-0.1, -0.05) is 283 Å². The Labute approximate surface area is 519 Å². The van der Waals surface area contributed by atoms with Crippen LogP contribution in [0.2, 0.25) is 0 Å². The van der Waals surface area contributed by atoms with Crippen LogP contribution in [0.3, 0.4) is 0 Å². The van der Waals surface area contributed by atoms with E-state index in [9.17, 15) is 0 Å². The molecule has 0 fully saturated rings. The molecule has 87 heavy (non-hydrogen) atoms. The molecular formula is C84H81BN2. The van der Waals surface area contributed by atoms with Gasteiger partial charge < -0.3 is 9.80 Å². The van der Waals surface area contributed by atoms with Crippen LogP contribution in [0, 0.1) is 0 Å². The summed E-state index contributed by atoms with van der Waals surface area (Å²) >= 11 is 0. The minimum Gasteiger partial charge on any atom is -0.311 e. The van der Waals surface area contributed by atoms with Gasteiger partial charge in [0.25, 0.3) is 6.71 Å². The van der Waals surface area contributed by atoms with E-state index in [1.165, 1.54) is 139 Å². The van der Waals surface area contributed by atoms with Crippen LogP contribution in [0.5, 0.6) is 0 Å². The van der Waals surface area contributed by atoms with Crippen molar-refractivity contribution in [3.05, 3.63) is 270 Å². The summed E-state index contributed by atoms with van der Waals surface area (Å²) in [7, 11) is 0. The van der Waals surface area contributed by atoms with E-state index in [-0.39, 0.29) is 18.5 Å². The predicted octanol–water partition coefficient (Wildman–Crippen LogP) is 22.5. The smallest absolute Gasteiger partial charge is 0.252 e. The highest BCUT2D eigenvalue weighted by Gasteiger charge is 2.45. The van der Waals surface area contributed by atoms with Crippen LogP contribution in [0.15, 0.2) is 237 Å². The first kappa shape index (κ1) is 57.2. The van der Waals surface area contributed by atoms with Gasteiger partial charge in [0.1, 0.15) is 0 Å². The van der Waals surface area contributed by atoms with Crippen molar-refractivity contribution in [2.45, 2.75) is 119 Å². The SMILES string of the molecule is CC(C)c1cccc(C(C)C)c1-c1cccc(N2c3cc(-c4c(C(C)C)cccc4C(C)C)ccc3B3c4cc(-c5ccccc5)ccc4N(c4c(-c5ccccc5)cccc4-c4ccccc4)c4cc(-c5c(C(C)C)cccc5C(C)C)cc2c43)c1. The summed E-state index contributed by atoms with van der Waals surface area (Å²) in [5.74, 6) is 1.88. The van der Waals surface area contributed by atoms with Crippen LogP contribution in [-0.2, 0) is 0 Å². The molecule has 0 atom stereocenters. The van der Waals surface area contributed by atoms with Gasteiger partial charge in [0.15, 0.2) is 0 Å². The second-order valence-electron chi connectivity index (χ2n) is 26.3. The van der Waals surface area contributed by atoms with Crippen LogP contribution >= 0.6 is 0 Å². The van der Waals surface area contributed by atoms with Crippen LogP contribution in [-0.4, -0.2) is 6.71 Å².